The van der Waals surface area contributed by atoms with Crippen LogP contribution in [0.3, 0.4) is 0 Å². The Morgan fingerprint density at radius 2 is 1.77 bits per heavy atom. The summed E-state index contributed by atoms with van der Waals surface area (Å²) in [5, 5.41) is 11.5. The van der Waals surface area contributed by atoms with Gasteiger partial charge in [-0.3, -0.25) is 14.9 Å². The molecule has 8 heteroatoms. The minimum absolute atomic E-state index is 0.0275. The van der Waals surface area contributed by atoms with Gasteiger partial charge in [-0.1, -0.05) is 31.2 Å². The molecule has 3 rings (SSSR count). The van der Waals surface area contributed by atoms with E-state index in [2.05, 4.69) is 0 Å². The zero-order valence-electron chi connectivity index (χ0n) is 17.0. The first-order chi connectivity index (χ1) is 14.4. The Hall–Kier alpha value is -3.26. The summed E-state index contributed by atoms with van der Waals surface area (Å²) in [6, 6.07) is 11.3. The van der Waals surface area contributed by atoms with Gasteiger partial charge in [0.15, 0.2) is 6.10 Å². The highest BCUT2D eigenvalue weighted by atomic mass is 16.6. The van der Waals surface area contributed by atoms with Crippen molar-refractivity contribution in [2.45, 2.75) is 26.4 Å². The fraction of sp³-hybridized carbons (Fsp3) is 0.364. The fourth-order valence-corrected chi connectivity index (χ4v) is 3.29. The van der Waals surface area contributed by atoms with Gasteiger partial charge in [-0.15, -0.1) is 0 Å². The molecule has 1 aliphatic heterocycles. The van der Waals surface area contributed by atoms with Crippen molar-refractivity contribution in [2.75, 3.05) is 31.2 Å². The number of nitrogens with zero attached hydrogens (tertiary/aromatic N) is 2. The third kappa shape index (κ3) is 4.83. The lowest BCUT2D eigenvalue weighted by Gasteiger charge is -2.28. The van der Waals surface area contributed by atoms with Crippen molar-refractivity contribution in [3.8, 4) is 0 Å². The molecule has 0 bridgehead atoms. The second kappa shape index (κ2) is 9.49. The van der Waals surface area contributed by atoms with Crippen LogP contribution >= 0.6 is 0 Å². The number of nitro groups is 1. The average Bonchev–Trinajstić information content (AvgIpc) is 2.78. The second-order valence-electron chi connectivity index (χ2n) is 7.02. The van der Waals surface area contributed by atoms with Gasteiger partial charge in [-0.05, 0) is 31.0 Å². The van der Waals surface area contributed by atoms with E-state index < -0.39 is 17.0 Å². The van der Waals surface area contributed by atoms with Crippen LogP contribution in [0.1, 0.15) is 40.1 Å². The molecule has 0 amide bonds. The Labute approximate surface area is 174 Å². The summed E-state index contributed by atoms with van der Waals surface area (Å²) in [4.78, 5) is 37.9. The monoisotopic (exact) mass is 412 g/mol. The number of carbonyl (C=O) groups is 2. The number of benzene rings is 2. The molecule has 30 heavy (non-hydrogen) atoms. The largest absolute Gasteiger partial charge is 0.451 e. The molecule has 0 radical (unpaired) electrons. The Bertz CT molecular complexity index is 935. The van der Waals surface area contributed by atoms with Crippen LogP contribution in [0.25, 0.3) is 0 Å². The average molecular weight is 412 g/mol. The van der Waals surface area contributed by atoms with Gasteiger partial charge in [0.25, 0.3) is 5.69 Å². The van der Waals surface area contributed by atoms with E-state index >= 15 is 0 Å². The lowest BCUT2D eigenvalue weighted by molar-refractivity contribution is -0.384. The molecule has 1 saturated heterocycles. The molecule has 0 unspecified atom stereocenters. The van der Waals surface area contributed by atoms with Gasteiger partial charge >= 0.3 is 5.97 Å². The lowest BCUT2D eigenvalue weighted by atomic mass is 10.0. The van der Waals surface area contributed by atoms with Crippen LogP contribution in [-0.4, -0.2) is 49.1 Å². The number of morpholine rings is 1. The second-order valence-corrected chi connectivity index (χ2v) is 7.02. The maximum atomic E-state index is 12.5. The van der Waals surface area contributed by atoms with Crippen molar-refractivity contribution in [1.29, 1.82) is 0 Å². The molecule has 1 heterocycles. The van der Waals surface area contributed by atoms with Gasteiger partial charge < -0.3 is 14.4 Å². The van der Waals surface area contributed by atoms with Gasteiger partial charge in [0, 0.05) is 24.7 Å². The molecule has 2 aromatic carbocycles. The summed E-state index contributed by atoms with van der Waals surface area (Å²) >= 11 is 0. The van der Waals surface area contributed by atoms with Crippen molar-refractivity contribution in [3.05, 3.63) is 69.3 Å². The molecule has 2 aromatic rings. The third-order valence-electron chi connectivity index (χ3n) is 5.06. The van der Waals surface area contributed by atoms with Gasteiger partial charge in [0.05, 0.1) is 23.7 Å². The topological polar surface area (TPSA) is 99.0 Å². The Kier molecular flexibility index (Phi) is 6.79. The summed E-state index contributed by atoms with van der Waals surface area (Å²) in [5.41, 5.74) is 1.82. The molecule has 1 atom stereocenters. The van der Waals surface area contributed by atoms with Crippen molar-refractivity contribution >= 4 is 23.1 Å². The van der Waals surface area contributed by atoms with Gasteiger partial charge in [0.2, 0.25) is 5.78 Å². The van der Waals surface area contributed by atoms with Crippen LogP contribution in [0.4, 0.5) is 11.4 Å². The number of rotatable bonds is 7. The van der Waals surface area contributed by atoms with Gasteiger partial charge in [0.1, 0.15) is 5.69 Å². The molecule has 0 aliphatic carbocycles. The predicted molar refractivity (Wildman–Crippen MR) is 111 cm³/mol. The minimum Gasteiger partial charge on any atom is -0.451 e. The van der Waals surface area contributed by atoms with E-state index in [-0.39, 0.29) is 17.0 Å². The zero-order chi connectivity index (χ0) is 21.7. The summed E-state index contributed by atoms with van der Waals surface area (Å²) < 4.78 is 10.6. The smallest absolute Gasteiger partial charge is 0.339 e. The molecule has 8 nitrogen and oxygen atoms in total. The fourth-order valence-electron chi connectivity index (χ4n) is 3.29. The number of anilines is 1. The molecule has 0 spiro atoms. The number of ether oxygens (including phenoxy) is 2. The van der Waals surface area contributed by atoms with Crippen LogP contribution in [0.5, 0.6) is 0 Å². The molecule has 1 fully saturated rings. The minimum atomic E-state index is -1.01. The van der Waals surface area contributed by atoms with Crippen LogP contribution in [-0.2, 0) is 15.9 Å². The summed E-state index contributed by atoms with van der Waals surface area (Å²) in [5.74, 6) is -1.11. The predicted octanol–water partition coefficient (Wildman–Crippen LogP) is 3.42. The first-order valence-electron chi connectivity index (χ1n) is 9.86. The van der Waals surface area contributed by atoms with Gasteiger partial charge in [-0.2, -0.15) is 0 Å². The molecule has 0 aromatic heterocycles. The van der Waals surface area contributed by atoms with Crippen molar-refractivity contribution in [3.63, 3.8) is 0 Å². The Morgan fingerprint density at radius 3 is 2.37 bits per heavy atom. The molecule has 0 saturated carbocycles. The maximum absolute atomic E-state index is 12.5. The number of ketones is 1. The number of esters is 1. The molecule has 0 N–H and O–H groups in total. The standard InChI is InChI=1S/C22H24N2O6/c1-3-16-4-6-17(7-5-16)21(25)15(2)30-22(26)18-8-9-19(20(14-18)24(27)28)23-10-12-29-13-11-23/h4-9,14-15H,3,10-13H2,1-2H3/t15-/m0/s1. The van der Waals surface area contributed by atoms with Crippen LogP contribution in [0, 0.1) is 10.1 Å². The van der Waals surface area contributed by atoms with Crippen LogP contribution in [0.2, 0.25) is 0 Å². The van der Waals surface area contributed by atoms with Crippen LogP contribution < -0.4 is 4.90 Å². The zero-order valence-corrected chi connectivity index (χ0v) is 17.0. The molecule has 158 valence electrons. The van der Waals surface area contributed by atoms with E-state index in [0.29, 0.717) is 37.6 Å². The normalized spacial score (nSPS) is 14.8. The van der Waals surface area contributed by atoms with E-state index in [9.17, 15) is 19.7 Å². The highest BCUT2D eigenvalue weighted by molar-refractivity contribution is 6.01. The maximum Gasteiger partial charge on any atom is 0.339 e. The highest BCUT2D eigenvalue weighted by Gasteiger charge is 2.25. The summed E-state index contributed by atoms with van der Waals surface area (Å²) in [6.45, 7) is 5.55. The Balaban J connectivity index is 1.74. The number of hydrogen-bond acceptors (Lipinski definition) is 7. The van der Waals surface area contributed by atoms with Crippen molar-refractivity contribution in [2.24, 2.45) is 0 Å². The Morgan fingerprint density at radius 1 is 1.13 bits per heavy atom. The van der Waals surface area contributed by atoms with Gasteiger partial charge in [-0.25, -0.2) is 4.79 Å². The van der Waals surface area contributed by atoms with Crippen molar-refractivity contribution in [1.82, 2.24) is 0 Å². The first kappa shape index (κ1) is 21.4. The van der Waals surface area contributed by atoms with Crippen molar-refractivity contribution < 1.29 is 24.0 Å². The number of hydrogen-bond donors (Lipinski definition) is 0. The van der Waals surface area contributed by atoms with E-state index in [1.807, 2.05) is 24.0 Å². The lowest BCUT2D eigenvalue weighted by Crippen LogP contribution is -2.36. The molecular weight excluding hydrogens is 388 g/mol. The van der Waals surface area contributed by atoms with E-state index in [1.165, 1.54) is 25.1 Å². The van der Waals surface area contributed by atoms with E-state index in [4.69, 9.17) is 9.47 Å². The summed E-state index contributed by atoms with van der Waals surface area (Å²) in [6.07, 6.45) is -0.152. The quantitative estimate of drug-likeness (QED) is 0.297. The SMILES string of the molecule is CCc1ccc(C(=O)[C@H](C)OC(=O)c2ccc(N3CCOCC3)c([N+](=O)[O-])c2)cc1. The van der Waals surface area contributed by atoms with Crippen LogP contribution in [0.15, 0.2) is 42.5 Å². The number of Topliss-reactive ketones (excluding diaryl/α,β-unsaturated/α-hetero) is 1. The van der Waals surface area contributed by atoms with E-state index in [1.54, 1.807) is 12.1 Å². The molecule has 1 aliphatic rings. The van der Waals surface area contributed by atoms with E-state index in [0.717, 1.165) is 12.0 Å². The summed E-state index contributed by atoms with van der Waals surface area (Å²) in [7, 11) is 0. The number of carbonyl (C=O) groups excluding carboxylic acids is 2. The third-order valence-corrected chi connectivity index (χ3v) is 5.06. The number of nitro benzene ring substituents is 1. The number of aryl methyl sites for hydroxylation is 1. The highest BCUT2D eigenvalue weighted by Crippen LogP contribution is 2.30. The molecular formula is C22H24N2O6. The first-order valence-corrected chi connectivity index (χ1v) is 9.86.